The molecule has 0 amide bonds. The van der Waals surface area contributed by atoms with Crippen LogP contribution in [0, 0.1) is 6.92 Å². The molecule has 0 aliphatic heterocycles. The van der Waals surface area contributed by atoms with Crippen molar-refractivity contribution < 1.29 is 0 Å². The van der Waals surface area contributed by atoms with Crippen molar-refractivity contribution in [1.82, 2.24) is 9.97 Å². The monoisotopic (exact) mass is 332 g/mol. The lowest BCUT2D eigenvalue weighted by Gasteiger charge is -2.18. The van der Waals surface area contributed by atoms with Crippen molar-refractivity contribution in [2.24, 2.45) is 5.84 Å². The number of nitrogens with one attached hydrogen (secondary N) is 1. The van der Waals surface area contributed by atoms with E-state index in [9.17, 15) is 0 Å². The minimum atomic E-state index is 0.745. The van der Waals surface area contributed by atoms with Crippen LogP contribution in [0.3, 0.4) is 0 Å². The molecule has 1 aromatic carbocycles. The van der Waals surface area contributed by atoms with Crippen molar-refractivity contribution in [2.75, 3.05) is 5.43 Å². The van der Waals surface area contributed by atoms with E-state index in [0.717, 1.165) is 40.2 Å². The van der Waals surface area contributed by atoms with Gasteiger partial charge in [-0.15, -0.1) is 0 Å². The Morgan fingerprint density at radius 2 is 2.00 bits per heavy atom. The number of aryl methyl sites for hydroxylation is 2. The van der Waals surface area contributed by atoms with Crippen molar-refractivity contribution in [3.05, 3.63) is 39.5 Å². The van der Waals surface area contributed by atoms with E-state index in [1.54, 1.807) is 0 Å². The predicted octanol–water partition coefficient (Wildman–Crippen LogP) is 3.38. The number of fused-ring (bicyclic) bond motifs is 1. The summed E-state index contributed by atoms with van der Waals surface area (Å²) in [6.45, 7) is 2.06. The van der Waals surface area contributed by atoms with Crippen molar-refractivity contribution >= 4 is 21.7 Å². The number of nitrogen functional groups attached to an aromatic ring is 1. The smallest absolute Gasteiger partial charge is 0.161 e. The maximum Gasteiger partial charge on any atom is 0.161 e. The fraction of sp³-hybridized carbons (Fsp3) is 0.333. The number of aromatic nitrogens is 2. The minimum absolute atomic E-state index is 0.745. The van der Waals surface area contributed by atoms with E-state index in [0.29, 0.717) is 0 Å². The lowest BCUT2D eigenvalue weighted by molar-refractivity contribution is 0.665. The van der Waals surface area contributed by atoms with Crippen molar-refractivity contribution in [2.45, 2.75) is 32.6 Å². The molecular formula is C15H17BrN4. The van der Waals surface area contributed by atoms with Crippen molar-refractivity contribution in [3.63, 3.8) is 0 Å². The molecule has 0 unspecified atom stereocenters. The topological polar surface area (TPSA) is 63.8 Å². The van der Waals surface area contributed by atoms with Crippen LogP contribution in [0.1, 0.15) is 29.7 Å². The van der Waals surface area contributed by atoms with Crippen LogP contribution in [0.5, 0.6) is 0 Å². The van der Waals surface area contributed by atoms with Gasteiger partial charge in [-0.05, 0) is 50.3 Å². The molecule has 1 aliphatic carbocycles. The van der Waals surface area contributed by atoms with Crippen LogP contribution in [0.15, 0.2) is 22.7 Å². The Kier molecular flexibility index (Phi) is 3.72. The molecule has 0 spiro atoms. The first-order valence-corrected chi connectivity index (χ1v) is 7.61. The number of rotatable bonds is 2. The van der Waals surface area contributed by atoms with Crippen LogP contribution >= 0.6 is 15.9 Å². The first kappa shape index (κ1) is 13.5. The molecule has 2 aromatic rings. The van der Waals surface area contributed by atoms with E-state index in [2.05, 4.69) is 39.3 Å². The highest BCUT2D eigenvalue weighted by Gasteiger charge is 2.18. The van der Waals surface area contributed by atoms with E-state index in [-0.39, 0.29) is 0 Å². The summed E-state index contributed by atoms with van der Waals surface area (Å²) in [5.74, 6) is 7.14. The number of hydrogen-bond donors (Lipinski definition) is 2. The number of benzene rings is 1. The van der Waals surface area contributed by atoms with E-state index >= 15 is 0 Å². The van der Waals surface area contributed by atoms with E-state index in [1.165, 1.54) is 24.0 Å². The molecule has 1 aliphatic rings. The van der Waals surface area contributed by atoms with Crippen molar-refractivity contribution in [1.29, 1.82) is 0 Å². The van der Waals surface area contributed by atoms with Crippen LogP contribution in [-0.4, -0.2) is 9.97 Å². The second-order valence-electron chi connectivity index (χ2n) is 5.14. The molecule has 0 saturated heterocycles. The Balaban J connectivity index is 2.11. The van der Waals surface area contributed by atoms with Gasteiger partial charge in [0.2, 0.25) is 0 Å². The summed E-state index contributed by atoms with van der Waals surface area (Å²) >= 11 is 3.52. The van der Waals surface area contributed by atoms with Crippen molar-refractivity contribution in [3.8, 4) is 11.4 Å². The lowest BCUT2D eigenvalue weighted by Crippen LogP contribution is -2.17. The summed E-state index contributed by atoms with van der Waals surface area (Å²) < 4.78 is 1.09. The van der Waals surface area contributed by atoms with Crippen LogP contribution in [0.4, 0.5) is 5.82 Å². The fourth-order valence-corrected chi connectivity index (χ4v) is 2.87. The maximum atomic E-state index is 5.63. The van der Waals surface area contributed by atoms with Gasteiger partial charge >= 0.3 is 0 Å². The SMILES string of the molecule is Cc1cc(-c2nc3c(c(NN)n2)CCCC3)ccc1Br. The Morgan fingerprint density at radius 3 is 2.75 bits per heavy atom. The molecule has 0 atom stereocenters. The number of nitrogens with zero attached hydrogens (tertiary/aromatic N) is 2. The summed E-state index contributed by atoms with van der Waals surface area (Å²) in [6.07, 6.45) is 4.39. The Morgan fingerprint density at radius 1 is 1.20 bits per heavy atom. The standard InChI is InChI=1S/C15H17BrN4/c1-9-8-10(6-7-12(9)16)14-18-13-5-3-2-4-11(13)15(19-14)20-17/h6-8H,2-5,17H2,1H3,(H,18,19,20). The normalized spacial score (nSPS) is 13.9. The lowest BCUT2D eigenvalue weighted by atomic mass is 9.96. The Bertz CT molecular complexity index is 637. The van der Waals surface area contributed by atoms with Crippen LogP contribution < -0.4 is 11.3 Å². The van der Waals surface area contributed by atoms with Gasteiger partial charge < -0.3 is 5.43 Å². The van der Waals surface area contributed by atoms with Gasteiger partial charge in [0, 0.05) is 21.3 Å². The number of hydrazine groups is 1. The second kappa shape index (κ2) is 5.50. The molecule has 20 heavy (non-hydrogen) atoms. The number of halogens is 1. The largest absolute Gasteiger partial charge is 0.308 e. The van der Waals surface area contributed by atoms with Crippen LogP contribution in [0.25, 0.3) is 11.4 Å². The third-order valence-corrected chi connectivity index (χ3v) is 4.63. The quantitative estimate of drug-likeness (QED) is 0.653. The molecule has 0 radical (unpaired) electrons. The number of anilines is 1. The van der Waals surface area contributed by atoms with Gasteiger partial charge in [0.25, 0.3) is 0 Å². The van der Waals surface area contributed by atoms with Gasteiger partial charge in [-0.3, -0.25) is 0 Å². The molecule has 0 saturated carbocycles. The average Bonchev–Trinajstić information content (AvgIpc) is 2.49. The molecule has 3 N–H and O–H groups in total. The molecule has 5 heteroatoms. The molecule has 1 aromatic heterocycles. The van der Waals surface area contributed by atoms with E-state index in [1.807, 2.05) is 12.1 Å². The van der Waals surface area contributed by atoms with Crippen LogP contribution in [0.2, 0.25) is 0 Å². The Labute approximate surface area is 126 Å². The first-order chi connectivity index (χ1) is 9.69. The zero-order valence-electron chi connectivity index (χ0n) is 11.4. The predicted molar refractivity (Wildman–Crippen MR) is 84.4 cm³/mol. The molecule has 3 rings (SSSR count). The molecule has 0 fully saturated rings. The molecule has 0 bridgehead atoms. The summed E-state index contributed by atoms with van der Waals surface area (Å²) in [4.78, 5) is 9.32. The Hall–Kier alpha value is -1.46. The average molecular weight is 333 g/mol. The molecule has 1 heterocycles. The summed E-state index contributed by atoms with van der Waals surface area (Å²) in [5.41, 5.74) is 7.24. The third-order valence-electron chi connectivity index (χ3n) is 3.74. The summed E-state index contributed by atoms with van der Waals surface area (Å²) in [5, 5.41) is 0. The zero-order chi connectivity index (χ0) is 14.1. The first-order valence-electron chi connectivity index (χ1n) is 6.82. The molecular weight excluding hydrogens is 316 g/mol. The highest BCUT2D eigenvalue weighted by Crippen LogP contribution is 2.29. The maximum absolute atomic E-state index is 5.63. The summed E-state index contributed by atoms with van der Waals surface area (Å²) in [6, 6.07) is 6.15. The minimum Gasteiger partial charge on any atom is -0.308 e. The van der Waals surface area contributed by atoms with E-state index in [4.69, 9.17) is 10.8 Å². The van der Waals surface area contributed by atoms with Gasteiger partial charge in [0.1, 0.15) is 5.82 Å². The van der Waals surface area contributed by atoms with Gasteiger partial charge in [-0.1, -0.05) is 22.0 Å². The van der Waals surface area contributed by atoms with Gasteiger partial charge in [-0.2, -0.15) is 0 Å². The zero-order valence-corrected chi connectivity index (χ0v) is 13.0. The second-order valence-corrected chi connectivity index (χ2v) is 5.99. The number of hydrogen-bond acceptors (Lipinski definition) is 4. The van der Waals surface area contributed by atoms with Gasteiger partial charge in [0.15, 0.2) is 5.82 Å². The van der Waals surface area contributed by atoms with E-state index < -0.39 is 0 Å². The number of nitrogens with two attached hydrogens (primary N) is 1. The highest BCUT2D eigenvalue weighted by atomic mass is 79.9. The highest BCUT2D eigenvalue weighted by molar-refractivity contribution is 9.10. The summed E-state index contributed by atoms with van der Waals surface area (Å²) in [7, 11) is 0. The fourth-order valence-electron chi connectivity index (χ4n) is 2.63. The molecule has 4 nitrogen and oxygen atoms in total. The molecule has 104 valence electrons. The van der Waals surface area contributed by atoms with Gasteiger partial charge in [0.05, 0.1) is 0 Å². The van der Waals surface area contributed by atoms with Gasteiger partial charge in [-0.25, -0.2) is 15.8 Å². The van der Waals surface area contributed by atoms with Crippen LogP contribution in [-0.2, 0) is 12.8 Å². The third kappa shape index (κ3) is 2.43.